The number of amides is 1. The lowest BCUT2D eigenvalue weighted by molar-refractivity contribution is 0.0727. The molecule has 0 aliphatic carbocycles. The topological polar surface area (TPSA) is 84.7 Å². The fourth-order valence-electron chi connectivity index (χ4n) is 3.74. The van der Waals surface area contributed by atoms with Gasteiger partial charge in [-0.25, -0.2) is 0 Å². The van der Waals surface area contributed by atoms with Crippen molar-refractivity contribution in [3.05, 3.63) is 69.6 Å². The summed E-state index contributed by atoms with van der Waals surface area (Å²) in [5.41, 5.74) is 8.18. The highest BCUT2D eigenvalue weighted by Crippen LogP contribution is 2.40. The molecule has 3 N–H and O–H groups in total. The molecule has 1 aliphatic rings. The molecule has 166 valence electrons. The summed E-state index contributed by atoms with van der Waals surface area (Å²) in [6.07, 6.45) is 3.03. The van der Waals surface area contributed by atoms with Crippen LogP contribution in [-0.4, -0.2) is 36.8 Å². The molecule has 1 fully saturated rings. The number of benzene rings is 2. The van der Waals surface area contributed by atoms with E-state index in [-0.39, 0.29) is 17.4 Å². The second-order valence-corrected chi connectivity index (χ2v) is 9.05. The summed E-state index contributed by atoms with van der Waals surface area (Å²) in [5, 5.41) is 4.36. The van der Waals surface area contributed by atoms with Crippen LogP contribution in [0.2, 0.25) is 5.02 Å². The van der Waals surface area contributed by atoms with Crippen molar-refractivity contribution in [3.63, 3.8) is 0 Å². The molecule has 0 radical (unpaired) electrons. The summed E-state index contributed by atoms with van der Waals surface area (Å²) in [7, 11) is 1.57. The minimum absolute atomic E-state index is 0.156. The molecule has 4 rings (SSSR count). The highest BCUT2D eigenvalue weighted by molar-refractivity contribution is 7.19. The number of carbonyl (C=O) groups is 2. The number of ketones is 1. The largest absolute Gasteiger partial charge is 0.497 e. The number of thiophene rings is 1. The second kappa shape index (κ2) is 9.63. The molecule has 1 amide bonds. The van der Waals surface area contributed by atoms with E-state index in [0.717, 1.165) is 24.9 Å². The van der Waals surface area contributed by atoms with Crippen molar-refractivity contribution in [1.82, 2.24) is 4.90 Å². The van der Waals surface area contributed by atoms with E-state index >= 15 is 0 Å². The van der Waals surface area contributed by atoms with Gasteiger partial charge in [0.1, 0.15) is 15.6 Å². The van der Waals surface area contributed by atoms with Gasteiger partial charge in [-0.3, -0.25) is 9.59 Å². The Morgan fingerprint density at radius 2 is 1.81 bits per heavy atom. The molecule has 6 nitrogen and oxygen atoms in total. The van der Waals surface area contributed by atoms with E-state index in [2.05, 4.69) is 5.32 Å². The molecule has 2 aromatic carbocycles. The molecule has 0 saturated carbocycles. The average Bonchev–Trinajstić information content (AvgIpc) is 3.14. The van der Waals surface area contributed by atoms with Crippen molar-refractivity contribution in [2.45, 2.75) is 19.3 Å². The van der Waals surface area contributed by atoms with Crippen LogP contribution >= 0.6 is 22.9 Å². The van der Waals surface area contributed by atoms with Gasteiger partial charge in [0.05, 0.1) is 18.4 Å². The van der Waals surface area contributed by atoms with E-state index in [9.17, 15) is 9.59 Å². The molecule has 1 saturated heterocycles. The van der Waals surface area contributed by atoms with Crippen LogP contribution in [-0.2, 0) is 0 Å². The Labute approximate surface area is 195 Å². The maximum absolute atomic E-state index is 13.4. The van der Waals surface area contributed by atoms with Gasteiger partial charge in [0.15, 0.2) is 0 Å². The summed E-state index contributed by atoms with van der Waals surface area (Å²) in [6, 6.07) is 14.0. The fourth-order valence-corrected chi connectivity index (χ4v) is 5.02. The fraction of sp³-hybridized carbons (Fsp3) is 0.250. The van der Waals surface area contributed by atoms with Crippen LogP contribution in [0.1, 0.15) is 44.9 Å². The molecular weight excluding hydrogens is 446 g/mol. The Morgan fingerprint density at radius 1 is 1.09 bits per heavy atom. The number of hydrogen-bond acceptors (Lipinski definition) is 6. The molecule has 0 spiro atoms. The molecule has 1 aromatic heterocycles. The average molecular weight is 470 g/mol. The maximum atomic E-state index is 13.4. The Morgan fingerprint density at radius 3 is 2.47 bits per heavy atom. The smallest absolute Gasteiger partial charge is 0.258 e. The van der Waals surface area contributed by atoms with Crippen LogP contribution < -0.4 is 15.8 Å². The van der Waals surface area contributed by atoms with Gasteiger partial charge in [-0.1, -0.05) is 17.7 Å². The van der Waals surface area contributed by atoms with Crippen molar-refractivity contribution in [3.8, 4) is 5.75 Å². The number of hydrogen-bond donors (Lipinski definition) is 2. The lowest BCUT2D eigenvalue weighted by atomic mass is 10.1. The van der Waals surface area contributed by atoms with Crippen LogP contribution in [0, 0.1) is 0 Å². The number of piperidine rings is 1. The molecular formula is C24H24ClN3O3S. The molecule has 1 aliphatic heterocycles. The monoisotopic (exact) mass is 469 g/mol. The van der Waals surface area contributed by atoms with Crippen molar-refractivity contribution >= 4 is 51.0 Å². The van der Waals surface area contributed by atoms with E-state index in [1.807, 2.05) is 17.0 Å². The summed E-state index contributed by atoms with van der Waals surface area (Å²) in [4.78, 5) is 28.8. The highest BCUT2D eigenvalue weighted by atomic mass is 35.5. The Bertz CT molecular complexity index is 1140. The number of likely N-dealkylation sites (tertiary alicyclic amines) is 1. The third-order valence-electron chi connectivity index (χ3n) is 5.44. The number of nitrogens with zero attached hydrogens (tertiary/aromatic N) is 1. The summed E-state index contributed by atoms with van der Waals surface area (Å²) >= 11 is 7.31. The molecule has 2 heterocycles. The summed E-state index contributed by atoms with van der Waals surface area (Å²) in [6.45, 7) is 1.37. The number of nitrogens with one attached hydrogen (secondary N) is 1. The summed E-state index contributed by atoms with van der Waals surface area (Å²) in [5.74, 6) is 0.267. The van der Waals surface area contributed by atoms with Crippen LogP contribution in [0.3, 0.4) is 0 Å². The number of nitrogen functional groups attached to an aromatic ring is 1. The zero-order chi connectivity index (χ0) is 22.7. The van der Waals surface area contributed by atoms with Gasteiger partial charge in [-0.05, 0) is 61.7 Å². The standard InChI is InChI=1S/C24H24ClN3O3S/c1-31-18-10-8-15(9-11-18)21(29)22-20(26)19(24(30)28-12-3-2-4-13-28)23(32-22)27-17-7-5-6-16(25)14-17/h5-11,14,27H,2-4,12-13,26H2,1H3. The quantitative estimate of drug-likeness (QED) is 0.459. The van der Waals surface area contributed by atoms with Crippen molar-refractivity contribution in [1.29, 1.82) is 0 Å². The first kappa shape index (κ1) is 22.2. The summed E-state index contributed by atoms with van der Waals surface area (Å²) < 4.78 is 5.17. The normalized spacial score (nSPS) is 13.6. The number of anilines is 3. The first-order valence-corrected chi connectivity index (χ1v) is 11.6. The number of halogens is 1. The van der Waals surface area contributed by atoms with E-state index in [1.54, 1.807) is 43.5 Å². The molecule has 8 heteroatoms. The predicted octanol–water partition coefficient (Wildman–Crippen LogP) is 5.59. The lowest BCUT2D eigenvalue weighted by Gasteiger charge is -2.27. The number of methoxy groups -OCH3 is 1. The van der Waals surface area contributed by atoms with Gasteiger partial charge in [0, 0.05) is 29.4 Å². The number of nitrogens with two attached hydrogens (primary N) is 1. The Balaban J connectivity index is 1.74. The van der Waals surface area contributed by atoms with E-state index < -0.39 is 0 Å². The molecule has 32 heavy (non-hydrogen) atoms. The number of carbonyl (C=O) groups excluding carboxylic acids is 2. The van der Waals surface area contributed by atoms with Gasteiger partial charge in [0.2, 0.25) is 5.78 Å². The highest BCUT2D eigenvalue weighted by Gasteiger charge is 2.30. The minimum Gasteiger partial charge on any atom is -0.497 e. The third-order valence-corrected chi connectivity index (χ3v) is 6.80. The SMILES string of the molecule is COc1ccc(C(=O)c2sc(Nc3cccc(Cl)c3)c(C(=O)N3CCCCC3)c2N)cc1. The van der Waals surface area contributed by atoms with Crippen LogP contribution in [0.15, 0.2) is 48.5 Å². The lowest BCUT2D eigenvalue weighted by Crippen LogP contribution is -2.36. The zero-order valence-electron chi connectivity index (χ0n) is 17.7. The van der Waals surface area contributed by atoms with Crippen molar-refractivity contribution in [2.75, 3.05) is 31.2 Å². The van der Waals surface area contributed by atoms with Crippen molar-refractivity contribution in [2.24, 2.45) is 0 Å². The number of ether oxygens (including phenoxy) is 1. The molecule has 3 aromatic rings. The van der Waals surface area contributed by atoms with Crippen LogP contribution in [0.4, 0.5) is 16.4 Å². The third kappa shape index (κ3) is 4.59. The predicted molar refractivity (Wildman–Crippen MR) is 130 cm³/mol. The van der Waals surface area contributed by atoms with Crippen LogP contribution in [0.25, 0.3) is 0 Å². The minimum atomic E-state index is -0.234. The first-order valence-electron chi connectivity index (χ1n) is 10.4. The Hall–Kier alpha value is -3.03. The maximum Gasteiger partial charge on any atom is 0.258 e. The van der Waals surface area contributed by atoms with E-state index in [4.69, 9.17) is 22.1 Å². The van der Waals surface area contributed by atoms with Gasteiger partial charge in [-0.15, -0.1) is 11.3 Å². The molecule has 0 atom stereocenters. The Kier molecular flexibility index (Phi) is 6.67. The van der Waals surface area contributed by atoms with E-state index in [0.29, 0.717) is 44.9 Å². The molecule has 0 unspecified atom stereocenters. The number of rotatable bonds is 6. The second-order valence-electron chi connectivity index (χ2n) is 7.59. The molecule has 0 bridgehead atoms. The van der Waals surface area contributed by atoms with Gasteiger partial charge >= 0.3 is 0 Å². The van der Waals surface area contributed by atoms with Gasteiger partial charge in [0.25, 0.3) is 5.91 Å². The van der Waals surface area contributed by atoms with E-state index in [1.165, 1.54) is 11.3 Å². The van der Waals surface area contributed by atoms with Gasteiger partial charge in [-0.2, -0.15) is 0 Å². The first-order chi connectivity index (χ1) is 15.5. The van der Waals surface area contributed by atoms with Gasteiger partial charge < -0.3 is 20.7 Å². The van der Waals surface area contributed by atoms with Crippen LogP contribution in [0.5, 0.6) is 5.75 Å². The zero-order valence-corrected chi connectivity index (χ0v) is 19.3. The van der Waals surface area contributed by atoms with Crippen molar-refractivity contribution < 1.29 is 14.3 Å².